The highest BCUT2D eigenvalue weighted by molar-refractivity contribution is 7.15. The number of Topliss-reactive ketones (excluding diaryl/α,β-unsaturated/α-hetero) is 1. The molecule has 6 aliphatic heterocycles. The van der Waals surface area contributed by atoms with Crippen LogP contribution in [0.15, 0.2) is 94.9 Å². The Morgan fingerprint density at radius 2 is 0.907 bits per heavy atom. The molecule has 4 aromatic carbocycles. The molecule has 4 aromatic heterocycles. The van der Waals surface area contributed by atoms with Crippen LogP contribution in [0, 0.1) is 41.5 Å². The lowest BCUT2D eigenvalue weighted by Gasteiger charge is -2.27. The molecule has 6 aliphatic rings. The van der Waals surface area contributed by atoms with Gasteiger partial charge in [-0.25, -0.2) is 4.79 Å². The maximum Gasteiger partial charge on any atom is 0.490 e. The summed E-state index contributed by atoms with van der Waals surface area (Å²) in [6, 6.07) is 20.4. The number of fused-ring (bicyclic) bond motifs is 8. The number of aliphatic carboxylic acids is 2. The van der Waals surface area contributed by atoms with Gasteiger partial charge in [0.05, 0.1) is 40.1 Å². The number of unbranched alkanes of at least 4 members (excludes halogenated alkanes) is 7. The monoisotopic (exact) mass is 1700 g/mol. The van der Waals surface area contributed by atoms with Crippen molar-refractivity contribution in [1.29, 1.82) is 0 Å². The minimum atomic E-state index is -5.08. The van der Waals surface area contributed by atoms with E-state index in [1.54, 1.807) is 22.7 Å². The summed E-state index contributed by atoms with van der Waals surface area (Å²) in [5, 5.41) is 47.1. The molecule has 2 unspecified atom stereocenters. The Kier molecular flexibility index (Phi) is 27.9. The lowest BCUT2D eigenvalue weighted by atomic mass is 9.99. The minimum Gasteiger partial charge on any atom is -0.481 e. The predicted octanol–water partition coefficient (Wildman–Crippen LogP) is 11.2. The number of benzene rings is 4. The van der Waals surface area contributed by atoms with E-state index in [-0.39, 0.29) is 89.5 Å². The number of carboxylic acids is 2. The van der Waals surface area contributed by atoms with Crippen molar-refractivity contribution in [2.45, 2.75) is 175 Å². The van der Waals surface area contributed by atoms with Crippen LogP contribution in [0.5, 0.6) is 0 Å². The summed E-state index contributed by atoms with van der Waals surface area (Å²) in [5.74, 6) is -6.32. The number of carbonyl (C=O) groups is 13. The van der Waals surface area contributed by atoms with E-state index in [9.17, 15) is 75.8 Å². The van der Waals surface area contributed by atoms with Gasteiger partial charge in [0, 0.05) is 92.0 Å². The number of thiophene rings is 2. The zero-order chi connectivity index (χ0) is 85.3. The number of rotatable bonds is 24. The molecule has 2 fully saturated rings. The molecular weight excluding hydrogens is 1620 g/mol. The number of aryl methyl sites for hydroxylation is 4. The molecule has 8 aromatic rings. The van der Waals surface area contributed by atoms with E-state index < -0.39 is 89.5 Å². The molecule has 0 saturated carbocycles. The summed E-state index contributed by atoms with van der Waals surface area (Å²) in [7, 11) is 0. The number of hydrogen-bond donors (Lipinski definition) is 7. The van der Waals surface area contributed by atoms with Gasteiger partial charge < -0.3 is 26.6 Å². The number of nitrogens with two attached hydrogens (primary N) is 1. The number of nitrogens with zero attached hydrogens (tertiary/aromatic N) is 10. The maximum atomic E-state index is 13.4. The first-order valence-electron chi connectivity index (χ1n) is 37.9. The van der Waals surface area contributed by atoms with Crippen LogP contribution in [-0.2, 0) is 33.6 Å². The van der Waals surface area contributed by atoms with Crippen LogP contribution >= 0.6 is 45.9 Å². The molecule has 0 radical (unpaired) electrons. The highest BCUT2D eigenvalue weighted by Crippen LogP contribution is 2.43. The highest BCUT2D eigenvalue weighted by atomic mass is 35.5. The summed E-state index contributed by atoms with van der Waals surface area (Å²) in [6.45, 7) is 13.7. The Bertz CT molecular complexity index is 5420. The second kappa shape index (κ2) is 37.7. The molecule has 0 bridgehead atoms. The van der Waals surface area contributed by atoms with E-state index >= 15 is 0 Å². The summed E-state index contributed by atoms with van der Waals surface area (Å²) in [4.78, 5) is 172. The topological polar surface area (TPSA) is 429 Å². The van der Waals surface area contributed by atoms with Crippen LogP contribution < -0.4 is 27.0 Å². The standard InChI is InChI=1S/C40H40ClN7O6S.C20H24N4O5.C19H17ClN4O2S.C2HF3O2/c1-21-22(2)55-40-33(21)34(24-10-13-26(41)14-11-24)43-30(35-46-45-23(3)47(35)40)20-27(49)9-7-5-4-6-8-18-42-36(51)25-12-15-28-29(19-25)39(54)48(38(28)53)31-16-17-32(50)44-37(31)52;21-9-3-1-2-4-10-22-17(26)12-5-6-13-14(11-12)20(29)24(19(13)28)15-7-8-16(25)23-18(15)27;1-9-10(2)27-19-16(9)17(12-4-6-13(20)7-5-12)21-14(8-15(25)26)18-23-22-11(3)24(18)19;3-2(4,5)1(6)7/h10-15,19,30-31H,4-9,16-18,20H2,1-3H3,(H,42,51)(H,44,50,52);5-6,11,15H,1-4,7-10,21H2,(H,22,26)(H,23,25,27);4-7,14H,8H2,1-3H3,(H,25,26);(H,6,7)/t30-,31?;;14-;/m0.0./s1. The molecule has 618 valence electrons. The highest BCUT2D eigenvalue weighted by Gasteiger charge is 2.47. The average Bonchev–Trinajstić information content (AvgIpc) is 1.61. The number of amides is 10. The summed E-state index contributed by atoms with van der Waals surface area (Å²) < 4.78 is 35.7. The Morgan fingerprint density at radius 3 is 1.30 bits per heavy atom. The number of alkyl halides is 3. The number of aliphatic imine (C=N–C) groups is 2. The number of piperidine rings is 2. The van der Waals surface area contributed by atoms with Gasteiger partial charge in [-0.15, -0.1) is 43.1 Å². The zero-order valence-electron chi connectivity index (χ0n) is 64.8. The third-order valence-corrected chi connectivity index (χ3v) is 23.4. The van der Waals surface area contributed by atoms with Crippen LogP contribution in [0.1, 0.15) is 243 Å². The van der Waals surface area contributed by atoms with Crippen LogP contribution in [0.3, 0.4) is 0 Å². The molecular formula is C81H82Cl2F3N15O15S2. The van der Waals surface area contributed by atoms with Crippen molar-refractivity contribution in [2.24, 2.45) is 15.7 Å². The summed E-state index contributed by atoms with van der Waals surface area (Å²) in [5.41, 5.74) is 14.1. The molecule has 14 rings (SSSR count). The van der Waals surface area contributed by atoms with Crippen LogP contribution in [0.4, 0.5) is 13.2 Å². The number of aromatic nitrogens is 6. The van der Waals surface area contributed by atoms with E-state index in [4.69, 9.17) is 48.8 Å². The first-order valence-corrected chi connectivity index (χ1v) is 40.3. The second-order valence-corrected chi connectivity index (χ2v) is 31.9. The smallest absolute Gasteiger partial charge is 0.481 e. The van der Waals surface area contributed by atoms with Crippen molar-refractivity contribution in [3.05, 3.63) is 195 Å². The Morgan fingerprint density at radius 1 is 0.525 bits per heavy atom. The van der Waals surface area contributed by atoms with E-state index in [0.29, 0.717) is 47.7 Å². The van der Waals surface area contributed by atoms with Gasteiger partial charge in [-0.3, -0.25) is 97.1 Å². The largest absolute Gasteiger partial charge is 0.490 e. The van der Waals surface area contributed by atoms with Crippen LogP contribution in [-0.4, -0.2) is 176 Å². The molecule has 8 N–H and O–H groups in total. The van der Waals surface area contributed by atoms with Crippen molar-refractivity contribution < 1.29 is 85.7 Å². The van der Waals surface area contributed by atoms with Gasteiger partial charge in [-0.05, 0) is 158 Å². The number of halogens is 5. The van der Waals surface area contributed by atoms with Crippen molar-refractivity contribution in [3.63, 3.8) is 0 Å². The number of nitrogens with one attached hydrogen (secondary N) is 4. The third kappa shape index (κ3) is 19.5. The third-order valence-electron chi connectivity index (χ3n) is 20.5. The quantitative estimate of drug-likeness (QED) is 0.0218. The van der Waals surface area contributed by atoms with Gasteiger partial charge in [0.25, 0.3) is 35.4 Å². The van der Waals surface area contributed by atoms with E-state index in [1.807, 2.05) is 71.5 Å². The Hall–Kier alpha value is -11.7. The van der Waals surface area contributed by atoms with E-state index in [1.165, 1.54) is 46.2 Å². The number of carboxylic acid groups (broad SMARTS) is 2. The van der Waals surface area contributed by atoms with Crippen molar-refractivity contribution in [3.8, 4) is 10.0 Å². The fraction of sp³-hybridized carbons (Fsp3) is 0.370. The second-order valence-electron chi connectivity index (χ2n) is 28.6. The molecule has 10 amide bonds. The predicted molar refractivity (Wildman–Crippen MR) is 428 cm³/mol. The maximum absolute atomic E-state index is 13.4. The number of hydrogen-bond acceptors (Lipinski definition) is 22. The molecule has 37 heteroatoms. The number of carbonyl (C=O) groups excluding carboxylic acids is 11. The van der Waals surface area contributed by atoms with Gasteiger partial charge in [0.15, 0.2) is 11.6 Å². The van der Waals surface area contributed by atoms with E-state index in [0.717, 1.165) is 134 Å². The van der Waals surface area contributed by atoms with Crippen LogP contribution in [0.2, 0.25) is 10.0 Å². The molecule has 4 atom stereocenters. The average molecular weight is 1700 g/mol. The first-order chi connectivity index (χ1) is 56.2. The number of ketones is 1. The minimum absolute atomic E-state index is 0.0285. The first kappa shape index (κ1) is 87.2. The van der Waals surface area contributed by atoms with Gasteiger partial charge in [0.1, 0.15) is 51.6 Å². The SMILES string of the molecule is Cc1sc2c(c1C)C(c1ccc(Cl)cc1)=N[C@@H](CC(=O)CCCCCCCNC(=O)c1ccc3c(c1)C(=O)N(C1CCC(=O)NC1=O)C3=O)c1nnc(C)n1-2.Cc1sc2c(c1C)C(c1ccc(Cl)cc1)=N[C@@H](CC(=O)O)c1nnc(C)n1-2.NCCCCCCNC(=O)c1ccc2c(c1)C(=O)N(C1CCC(=O)NC1=O)C2=O.O=C(O)C(F)(F)F. The lowest BCUT2D eigenvalue weighted by molar-refractivity contribution is -0.192. The molecule has 0 spiro atoms. The molecule has 30 nitrogen and oxygen atoms in total. The van der Waals surface area contributed by atoms with Gasteiger partial charge in [-0.1, -0.05) is 79.6 Å². The molecule has 10 heterocycles. The fourth-order valence-electron chi connectivity index (χ4n) is 14.2. The zero-order valence-corrected chi connectivity index (χ0v) is 67.9. The van der Waals surface area contributed by atoms with E-state index in [2.05, 4.69) is 69.4 Å². The van der Waals surface area contributed by atoms with Crippen molar-refractivity contribution in [2.75, 3.05) is 19.6 Å². The van der Waals surface area contributed by atoms with Gasteiger partial charge >= 0.3 is 18.1 Å². The van der Waals surface area contributed by atoms with Crippen molar-refractivity contribution in [1.82, 2.24) is 60.6 Å². The molecule has 0 aliphatic carbocycles. The van der Waals surface area contributed by atoms with Gasteiger partial charge in [-0.2, -0.15) is 13.2 Å². The summed E-state index contributed by atoms with van der Waals surface area (Å²) >= 11 is 15.6. The Balaban J connectivity index is 0.000000181. The van der Waals surface area contributed by atoms with Crippen molar-refractivity contribution >= 4 is 134 Å². The fourth-order valence-corrected chi connectivity index (χ4v) is 16.9. The lowest BCUT2D eigenvalue weighted by Crippen LogP contribution is -2.54. The van der Waals surface area contributed by atoms with Gasteiger partial charge in [0.2, 0.25) is 23.6 Å². The molecule has 2 saturated heterocycles. The molecule has 118 heavy (non-hydrogen) atoms. The Labute approximate surface area is 691 Å². The normalized spacial score (nSPS) is 17.1. The summed E-state index contributed by atoms with van der Waals surface area (Å²) in [6.07, 6.45) is 3.48. The van der Waals surface area contributed by atoms with Crippen LogP contribution in [0.25, 0.3) is 10.0 Å². The number of imide groups is 4.